The number of thioether (sulfide) groups is 1. The predicted octanol–water partition coefficient (Wildman–Crippen LogP) is 2.26. The summed E-state index contributed by atoms with van der Waals surface area (Å²) < 4.78 is 5.79. The van der Waals surface area contributed by atoms with Gasteiger partial charge in [0.25, 0.3) is 0 Å². The number of hydrogen-bond acceptors (Lipinski definition) is 7. The minimum Gasteiger partial charge on any atom is -0.497 e. The number of carbonyl (C=O) groups is 1. The highest BCUT2D eigenvalue weighted by molar-refractivity contribution is 8.02. The summed E-state index contributed by atoms with van der Waals surface area (Å²) >= 11 is 2.67. The van der Waals surface area contributed by atoms with Crippen LogP contribution < -0.4 is 15.8 Å². The van der Waals surface area contributed by atoms with Gasteiger partial charge in [-0.05, 0) is 31.2 Å². The van der Waals surface area contributed by atoms with E-state index in [2.05, 4.69) is 15.5 Å². The average Bonchev–Trinajstić information content (AvgIpc) is 2.86. The molecule has 0 fully saturated rings. The Morgan fingerprint density at radius 3 is 2.70 bits per heavy atom. The predicted molar refractivity (Wildman–Crippen MR) is 80.7 cm³/mol. The van der Waals surface area contributed by atoms with E-state index in [1.165, 1.54) is 23.1 Å². The molecule has 20 heavy (non-hydrogen) atoms. The number of methoxy groups -OCH3 is 1. The summed E-state index contributed by atoms with van der Waals surface area (Å²) in [5, 5.41) is 11.5. The zero-order chi connectivity index (χ0) is 14.5. The molecule has 0 bridgehead atoms. The van der Waals surface area contributed by atoms with Crippen LogP contribution in [0, 0.1) is 0 Å². The Morgan fingerprint density at radius 2 is 2.10 bits per heavy atom. The van der Waals surface area contributed by atoms with Gasteiger partial charge in [0.1, 0.15) is 5.75 Å². The Morgan fingerprint density at radius 1 is 1.40 bits per heavy atom. The van der Waals surface area contributed by atoms with E-state index in [0.717, 1.165) is 11.4 Å². The lowest BCUT2D eigenvalue weighted by Gasteiger charge is -2.03. The molecule has 106 valence electrons. The fourth-order valence-electron chi connectivity index (χ4n) is 1.32. The van der Waals surface area contributed by atoms with Crippen molar-refractivity contribution in [2.24, 2.45) is 5.73 Å². The molecule has 1 aromatic carbocycles. The van der Waals surface area contributed by atoms with Crippen molar-refractivity contribution in [3.05, 3.63) is 24.3 Å². The molecule has 0 aliphatic rings. The number of aromatic nitrogens is 2. The molecule has 0 saturated heterocycles. The molecule has 6 nitrogen and oxygen atoms in total. The smallest absolute Gasteiger partial charge is 0.230 e. The first kappa shape index (κ1) is 14.6. The van der Waals surface area contributed by atoms with Crippen molar-refractivity contribution in [2.75, 3.05) is 12.4 Å². The number of nitrogens with one attached hydrogen (secondary N) is 1. The van der Waals surface area contributed by atoms with Gasteiger partial charge >= 0.3 is 0 Å². The number of carbonyl (C=O) groups excluding carboxylic acids is 1. The summed E-state index contributed by atoms with van der Waals surface area (Å²) in [6, 6.07) is 7.49. The summed E-state index contributed by atoms with van der Waals surface area (Å²) in [6.07, 6.45) is 0. The van der Waals surface area contributed by atoms with E-state index in [-0.39, 0.29) is 11.2 Å². The molecule has 0 aliphatic carbocycles. The number of benzene rings is 1. The van der Waals surface area contributed by atoms with E-state index >= 15 is 0 Å². The van der Waals surface area contributed by atoms with Crippen LogP contribution >= 0.6 is 23.1 Å². The third-order valence-electron chi connectivity index (χ3n) is 2.43. The van der Waals surface area contributed by atoms with E-state index < -0.39 is 0 Å². The molecule has 0 spiro atoms. The van der Waals surface area contributed by atoms with Crippen LogP contribution in [0.1, 0.15) is 6.92 Å². The van der Waals surface area contributed by atoms with Crippen LogP contribution in [0.5, 0.6) is 5.75 Å². The fourth-order valence-corrected chi connectivity index (χ4v) is 3.18. The molecule has 8 heteroatoms. The van der Waals surface area contributed by atoms with Crippen LogP contribution in [0.25, 0.3) is 0 Å². The van der Waals surface area contributed by atoms with Crippen LogP contribution in [0.4, 0.5) is 10.8 Å². The highest BCUT2D eigenvalue weighted by Gasteiger charge is 2.14. The molecule has 2 rings (SSSR count). The Bertz CT molecular complexity index is 585. The van der Waals surface area contributed by atoms with Crippen LogP contribution in [0.15, 0.2) is 28.6 Å². The molecule has 1 atom stereocenters. The van der Waals surface area contributed by atoms with Gasteiger partial charge in [-0.1, -0.05) is 23.1 Å². The van der Waals surface area contributed by atoms with Gasteiger partial charge in [0.05, 0.1) is 12.4 Å². The Labute approximate surface area is 124 Å². The van der Waals surface area contributed by atoms with Crippen LogP contribution in [-0.2, 0) is 4.79 Å². The SMILES string of the molecule is COc1ccc(Nc2nnc(SC(C)C(N)=O)s2)cc1. The summed E-state index contributed by atoms with van der Waals surface area (Å²) in [5.74, 6) is 0.425. The lowest BCUT2D eigenvalue weighted by Crippen LogP contribution is -2.22. The maximum Gasteiger partial charge on any atom is 0.230 e. The molecular formula is C12H14N4O2S2. The van der Waals surface area contributed by atoms with Crippen molar-refractivity contribution in [3.63, 3.8) is 0 Å². The number of anilines is 2. The van der Waals surface area contributed by atoms with Crippen molar-refractivity contribution in [3.8, 4) is 5.75 Å². The summed E-state index contributed by atoms with van der Waals surface area (Å²) in [6.45, 7) is 1.74. The topological polar surface area (TPSA) is 90.1 Å². The van der Waals surface area contributed by atoms with Crippen molar-refractivity contribution in [1.29, 1.82) is 0 Å². The third kappa shape index (κ3) is 3.84. The number of amides is 1. The molecule has 1 aromatic heterocycles. The van der Waals surface area contributed by atoms with Gasteiger partial charge in [0.2, 0.25) is 11.0 Å². The van der Waals surface area contributed by atoms with E-state index in [9.17, 15) is 4.79 Å². The molecule has 0 radical (unpaired) electrons. The second kappa shape index (κ2) is 6.58. The van der Waals surface area contributed by atoms with Crippen LogP contribution in [0.3, 0.4) is 0 Å². The van der Waals surface area contributed by atoms with Crippen molar-refractivity contribution >= 4 is 39.8 Å². The van der Waals surface area contributed by atoms with Crippen LogP contribution in [-0.4, -0.2) is 28.5 Å². The first-order valence-corrected chi connectivity index (χ1v) is 7.48. The number of ether oxygens (including phenoxy) is 1. The first-order chi connectivity index (χ1) is 9.58. The van der Waals surface area contributed by atoms with Gasteiger partial charge in [-0.3, -0.25) is 4.79 Å². The van der Waals surface area contributed by atoms with Crippen molar-refractivity contribution < 1.29 is 9.53 Å². The van der Waals surface area contributed by atoms with Gasteiger partial charge in [-0.25, -0.2) is 0 Å². The largest absolute Gasteiger partial charge is 0.497 e. The van der Waals surface area contributed by atoms with Gasteiger partial charge in [-0.2, -0.15) is 0 Å². The maximum atomic E-state index is 11.0. The Kier molecular flexibility index (Phi) is 4.80. The lowest BCUT2D eigenvalue weighted by atomic mass is 10.3. The molecule has 1 heterocycles. The lowest BCUT2D eigenvalue weighted by molar-refractivity contribution is -0.117. The second-order valence-corrected chi connectivity index (χ2v) is 6.45. The zero-order valence-electron chi connectivity index (χ0n) is 11.0. The molecule has 2 aromatic rings. The van der Waals surface area contributed by atoms with Gasteiger partial charge in [-0.15, -0.1) is 10.2 Å². The molecule has 1 unspecified atom stereocenters. The zero-order valence-corrected chi connectivity index (χ0v) is 12.6. The van der Waals surface area contributed by atoms with E-state index in [1.807, 2.05) is 24.3 Å². The van der Waals surface area contributed by atoms with Gasteiger partial charge in [0, 0.05) is 5.69 Å². The quantitative estimate of drug-likeness (QED) is 0.795. The minimum atomic E-state index is -0.366. The number of primary amides is 1. The van der Waals surface area contributed by atoms with E-state index in [4.69, 9.17) is 10.5 Å². The van der Waals surface area contributed by atoms with E-state index in [1.54, 1.807) is 14.0 Å². The highest BCUT2D eigenvalue weighted by atomic mass is 32.2. The third-order valence-corrected chi connectivity index (χ3v) is 4.47. The monoisotopic (exact) mass is 310 g/mol. The highest BCUT2D eigenvalue weighted by Crippen LogP contribution is 2.30. The first-order valence-electron chi connectivity index (χ1n) is 5.79. The maximum absolute atomic E-state index is 11.0. The van der Waals surface area contributed by atoms with Gasteiger partial charge < -0.3 is 15.8 Å². The number of nitrogens with zero attached hydrogens (tertiary/aromatic N) is 2. The summed E-state index contributed by atoms with van der Waals surface area (Å²) in [4.78, 5) is 11.0. The fraction of sp³-hybridized carbons (Fsp3) is 0.250. The number of nitrogens with two attached hydrogens (primary N) is 1. The van der Waals surface area contributed by atoms with Gasteiger partial charge in [0.15, 0.2) is 4.34 Å². The summed E-state index contributed by atoms with van der Waals surface area (Å²) in [5.41, 5.74) is 6.10. The second-order valence-electron chi connectivity index (χ2n) is 3.89. The standard InChI is InChI=1S/C12H14N4O2S2/c1-7(10(13)17)19-12-16-15-11(20-12)14-8-3-5-9(18-2)6-4-8/h3-7H,1-2H3,(H2,13,17)(H,14,15). The average molecular weight is 310 g/mol. The number of rotatable bonds is 6. The van der Waals surface area contributed by atoms with Crippen molar-refractivity contribution in [2.45, 2.75) is 16.5 Å². The summed E-state index contributed by atoms with van der Waals surface area (Å²) in [7, 11) is 1.62. The van der Waals surface area contributed by atoms with Crippen LogP contribution in [0.2, 0.25) is 0 Å². The van der Waals surface area contributed by atoms with Crippen molar-refractivity contribution in [1.82, 2.24) is 10.2 Å². The molecule has 1 amide bonds. The normalized spacial score (nSPS) is 11.9. The Hall–Kier alpha value is -1.80. The molecule has 0 saturated carbocycles. The molecule has 3 N–H and O–H groups in total. The van der Waals surface area contributed by atoms with E-state index in [0.29, 0.717) is 9.47 Å². The number of hydrogen-bond donors (Lipinski definition) is 2. The molecule has 0 aliphatic heterocycles. The molecular weight excluding hydrogens is 296 g/mol. The minimum absolute atomic E-state index is 0.322. The Balaban J connectivity index is 1.99.